The molecule has 0 saturated heterocycles. The molecule has 0 spiro atoms. The average molecular weight is 320 g/mol. The van der Waals surface area contributed by atoms with Crippen LogP contribution in [0.3, 0.4) is 0 Å². The first-order chi connectivity index (χ1) is 9.95. The molecule has 5 heteroatoms. The normalized spacial score (nSPS) is 9.82. The maximum atomic E-state index is 12.1. The van der Waals surface area contributed by atoms with Gasteiger partial charge in [0.1, 0.15) is 0 Å². The fraction of sp³-hybridized carbons (Fsp3) is 0.294. The summed E-state index contributed by atoms with van der Waals surface area (Å²) in [5.41, 5.74) is 4.20. The van der Waals surface area contributed by atoms with E-state index >= 15 is 0 Å². The monoisotopic (exact) mass is 319 g/mol. The van der Waals surface area contributed by atoms with Gasteiger partial charge in [-0.1, -0.05) is 12.1 Å². The van der Waals surface area contributed by atoms with Gasteiger partial charge in [0, 0.05) is 37.6 Å². The van der Waals surface area contributed by atoms with Crippen LogP contribution in [0.2, 0.25) is 0 Å². The fourth-order valence-electron chi connectivity index (χ4n) is 2.08. The molecule has 0 aliphatic rings. The van der Waals surface area contributed by atoms with Gasteiger partial charge in [-0.05, 0) is 31.0 Å². The predicted octanol–water partition coefficient (Wildman–Crippen LogP) is -0.700. The zero-order valence-electron chi connectivity index (χ0n) is 13.4. The number of amides is 1. The number of nitrogens with zero attached hydrogens (tertiary/aromatic N) is 2. The van der Waals surface area contributed by atoms with Crippen LogP contribution >= 0.6 is 0 Å². The first-order valence-electron chi connectivity index (χ1n) is 6.99. The summed E-state index contributed by atoms with van der Waals surface area (Å²) in [7, 11) is 3.99. The number of carbonyl (C=O) groups excluding carboxylic acids is 1. The zero-order chi connectivity index (χ0) is 15.4. The number of anilines is 2. The lowest BCUT2D eigenvalue weighted by Crippen LogP contribution is -3.00. The Morgan fingerprint density at radius 1 is 1.14 bits per heavy atom. The molecule has 1 heterocycles. The van der Waals surface area contributed by atoms with E-state index in [0.717, 1.165) is 22.5 Å². The van der Waals surface area contributed by atoms with Crippen molar-refractivity contribution in [1.29, 1.82) is 0 Å². The highest BCUT2D eigenvalue weighted by molar-refractivity contribution is 5.90. The molecule has 2 rings (SSSR count). The number of aromatic nitrogens is 1. The van der Waals surface area contributed by atoms with Crippen molar-refractivity contribution in [3.05, 3.63) is 53.9 Å². The smallest absolute Gasteiger partial charge is 0.290 e. The Bertz CT molecular complexity index is 639. The molecule has 1 aromatic carbocycles. The maximum absolute atomic E-state index is 12.1. The third-order valence-electron chi connectivity index (χ3n) is 3.38. The van der Waals surface area contributed by atoms with Crippen molar-refractivity contribution in [2.24, 2.45) is 0 Å². The Morgan fingerprint density at radius 2 is 1.77 bits per heavy atom. The van der Waals surface area contributed by atoms with Gasteiger partial charge in [0.2, 0.25) is 6.54 Å². The molecule has 118 valence electrons. The third kappa shape index (κ3) is 4.74. The van der Waals surface area contributed by atoms with Crippen molar-refractivity contribution in [2.75, 3.05) is 24.3 Å². The summed E-state index contributed by atoms with van der Waals surface area (Å²) in [5, 5.41) is 2.97. The number of nitrogens with one attached hydrogen (secondary N) is 1. The van der Waals surface area contributed by atoms with E-state index in [2.05, 4.69) is 5.32 Å². The minimum absolute atomic E-state index is 0. The molecule has 0 saturated carbocycles. The molecule has 4 nitrogen and oxygen atoms in total. The summed E-state index contributed by atoms with van der Waals surface area (Å²) in [4.78, 5) is 14.2. The summed E-state index contributed by atoms with van der Waals surface area (Å²) in [5.74, 6) is -0.0219. The van der Waals surface area contributed by atoms with Crippen LogP contribution in [0.25, 0.3) is 0 Å². The largest absolute Gasteiger partial charge is 1.00 e. The molecule has 0 unspecified atom stereocenters. The molecule has 0 aliphatic carbocycles. The highest BCUT2D eigenvalue weighted by atomic mass is 35.5. The number of aryl methyl sites for hydroxylation is 2. The quantitative estimate of drug-likeness (QED) is 0.757. The summed E-state index contributed by atoms with van der Waals surface area (Å²) in [6, 6.07) is 10.0. The van der Waals surface area contributed by atoms with Gasteiger partial charge in [0.25, 0.3) is 5.91 Å². The Kier molecular flexibility index (Phi) is 6.38. The van der Waals surface area contributed by atoms with Gasteiger partial charge in [0.15, 0.2) is 12.4 Å². The second-order valence-corrected chi connectivity index (χ2v) is 5.49. The van der Waals surface area contributed by atoms with Crippen molar-refractivity contribution in [3.63, 3.8) is 0 Å². The van der Waals surface area contributed by atoms with Crippen LogP contribution in [-0.2, 0) is 11.3 Å². The SMILES string of the molecule is Cc1ccc(C)c(NC(=O)C[n+]2ccc(N(C)C)cc2)c1.[Cl-]. The predicted molar refractivity (Wildman–Crippen MR) is 85.5 cm³/mol. The van der Waals surface area contributed by atoms with E-state index in [1.165, 1.54) is 0 Å². The third-order valence-corrected chi connectivity index (χ3v) is 3.38. The van der Waals surface area contributed by atoms with Gasteiger partial charge in [-0.3, -0.25) is 4.79 Å². The molecule has 2 aromatic rings. The van der Waals surface area contributed by atoms with Crippen molar-refractivity contribution < 1.29 is 21.8 Å². The summed E-state index contributed by atoms with van der Waals surface area (Å²) in [6.07, 6.45) is 3.83. The van der Waals surface area contributed by atoms with Crippen LogP contribution in [0.15, 0.2) is 42.7 Å². The number of rotatable bonds is 4. The van der Waals surface area contributed by atoms with E-state index in [-0.39, 0.29) is 18.3 Å². The maximum Gasteiger partial charge on any atom is 0.290 e. The van der Waals surface area contributed by atoms with E-state index in [0.29, 0.717) is 6.54 Å². The number of halogens is 1. The van der Waals surface area contributed by atoms with Gasteiger partial charge >= 0.3 is 0 Å². The lowest BCUT2D eigenvalue weighted by Gasteiger charge is -2.11. The van der Waals surface area contributed by atoms with Crippen molar-refractivity contribution >= 4 is 17.3 Å². The molecule has 0 aliphatic heterocycles. The summed E-state index contributed by atoms with van der Waals surface area (Å²) >= 11 is 0. The molecule has 0 radical (unpaired) electrons. The van der Waals surface area contributed by atoms with Crippen LogP contribution in [0.5, 0.6) is 0 Å². The molecule has 0 fully saturated rings. The molecule has 1 amide bonds. The van der Waals surface area contributed by atoms with Crippen LogP contribution in [-0.4, -0.2) is 20.0 Å². The van der Waals surface area contributed by atoms with E-state index < -0.39 is 0 Å². The molecule has 1 aromatic heterocycles. The van der Waals surface area contributed by atoms with E-state index in [9.17, 15) is 4.79 Å². The lowest BCUT2D eigenvalue weighted by atomic mass is 10.1. The highest BCUT2D eigenvalue weighted by Gasteiger charge is 2.11. The topological polar surface area (TPSA) is 36.2 Å². The summed E-state index contributed by atoms with van der Waals surface area (Å²) in [6.45, 7) is 4.32. The van der Waals surface area contributed by atoms with Gasteiger partial charge in [-0.25, -0.2) is 0 Å². The number of benzene rings is 1. The minimum Gasteiger partial charge on any atom is -1.00 e. The van der Waals surface area contributed by atoms with E-state index in [4.69, 9.17) is 0 Å². The first kappa shape index (κ1) is 18.0. The minimum atomic E-state index is -0.0219. The molecule has 22 heavy (non-hydrogen) atoms. The Hall–Kier alpha value is -2.07. The highest BCUT2D eigenvalue weighted by Crippen LogP contribution is 2.16. The number of hydrogen-bond acceptors (Lipinski definition) is 2. The zero-order valence-corrected chi connectivity index (χ0v) is 14.2. The van der Waals surface area contributed by atoms with Gasteiger partial charge in [-0.15, -0.1) is 0 Å². The lowest BCUT2D eigenvalue weighted by molar-refractivity contribution is -0.684. The fourth-order valence-corrected chi connectivity index (χ4v) is 2.08. The summed E-state index contributed by atoms with van der Waals surface area (Å²) < 4.78 is 1.87. The molecule has 0 atom stereocenters. The van der Waals surface area contributed by atoms with Crippen molar-refractivity contribution in [1.82, 2.24) is 0 Å². The number of hydrogen-bond donors (Lipinski definition) is 1. The first-order valence-corrected chi connectivity index (χ1v) is 6.99. The Morgan fingerprint density at radius 3 is 2.36 bits per heavy atom. The Balaban J connectivity index is 0.00000242. The van der Waals surface area contributed by atoms with E-state index in [1.54, 1.807) is 0 Å². The van der Waals surface area contributed by atoms with Gasteiger partial charge in [-0.2, -0.15) is 4.57 Å². The number of carbonyl (C=O) groups is 1. The average Bonchev–Trinajstić information content (AvgIpc) is 2.43. The van der Waals surface area contributed by atoms with Crippen molar-refractivity contribution in [3.8, 4) is 0 Å². The molecule has 1 N–H and O–H groups in total. The van der Waals surface area contributed by atoms with E-state index in [1.807, 2.05) is 80.1 Å². The molecule has 0 bridgehead atoms. The van der Waals surface area contributed by atoms with Crippen LogP contribution in [0, 0.1) is 13.8 Å². The van der Waals surface area contributed by atoms with Crippen molar-refractivity contribution in [2.45, 2.75) is 20.4 Å². The molecular weight excluding hydrogens is 298 g/mol. The van der Waals surface area contributed by atoms with Crippen LogP contribution in [0.1, 0.15) is 11.1 Å². The van der Waals surface area contributed by atoms with Crippen LogP contribution in [0.4, 0.5) is 11.4 Å². The Labute approximate surface area is 138 Å². The second kappa shape index (κ2) is 7.80. The van der Waals surface area contributed by atoms with Gasteiger partial charge in [0.05, 0.1) is 0 Å². The standard InChI is InChI=1S/C17H21N3O.ClH/c1-13-5-6-14(2)16(11-13)18-17(21)12-20-9-7-15(8-10-20)19(3)4;/h5-11H,12H2,1-4H3;1H. The van der Waals surface area contributed by atoms with Gasteiger partial charge < -0.3 is 22.6 Å². The second-order valence-electron chi connectivity index (χ2n) is 5.49. The van der Waals surface area contributed by atoms with Crippen LogP contribution < -0.4 is 27.2 Å². The molecular formula is C17H22ClN3O. The number of pyridine rings is 1.